The van der Waals surface area contributed by atoms with Crippen molar-refractivity contribution in [3.05, 3.63) is 94.7 Å². The van der Waals surface area contributed by atoms with Crippen molar-refractivity contribution in [2.45, 2.75) is 19.5 Å². The van der Waals surface area contributed by atoms with E-state index in [1.54, 1.807) is 6.07 Å². The van der Waals surface area contributed by atoms with E-state index in [0.717, 1.165) is 32.1 Å². The highest BCUT2D eigenvalue weighted by Gasteiger charge is 2.19. The number of rotatable bonds is 6. The SMILES string of the molecule is CC(Nc1cnc(-c2ccccc2F)n(CC(=O)O)c1=O)c1ccc2oc3ccccc3c2c1. The molecular formula is C26H20FN3O4. The summed E-state index contributed by atoms with van der Waals surface area (Å²) in [5.41, 5.74) is 2.03. The van der Waals surface area contributed by atoms with Gasteiger partial charge in [0.25, 0.3) is 5.56 Å². The van der Waals surface area contributed by atoms with Crippen LogP contribution < -0.4 is 10.9 Å². The third-order valence-electron chi connectivity index (χ3n) is 5.73. The number of aliphatic carboxylic acids is 1. The maximum Gasteiger partial charge on any atom is 0.323 e. The van der Waals surface area contributed by atoms with Crippen LogP contribution in [0, 0.1) is 5.82 Å². The van der Waals surface area contributed by atoms with Gasteiger partial charge in [0.1, 0.15) is 35.0 Å². The van der Waals surface area contributed by atoms with E-state index in [9.17, 15) is 19.1 Å². The number of carbonyl (C=O) groups is 1. The van der Waals surface area contributed by atoms with Gasteiger partial charge in [-0.15, -0.1) is 0 Å². The molecule has 34 heavy (non-hydrogen) atoms. The van der Waals surface area contributed by atoms with Gasteiger partial charge in [0.2, 0.25) is 0 Å². The summed E-state index contributed by atoms with van der Waals surface area (Å²) in [6.07, 6.45) is 1.31. The average molecular weight is 457 g/mol. The van der Waals surface area contributed by atoms with E-state index in [1.807, 2.05) is 49.4 Å². The molecule has 0 saturated carbocycles. The molecule has 0 amide bonds. The van der Waals surface area contributed by atoms with E-state index in [2.05, 4.69) is 10.3 Å². The molecule has 0 fully saturated rings. The molecule has 3 aromatic carbocycles. The number of anilines is 1. The number of carboxylic acids is 1. The van der Waals surface area contributed by atoms with Crippen LogP contribution >= 0.6 is 0 Å². The van der Waals surface area contributed by atoms with Crippen LogP contribution in [0.4, 0.5) is 10.1 Å². The zero-order chi connectivity index (χ0) is 23.8. The maximum absolute atomic E-state index is 14.3. The minimum absolute atomic E-state index is 0.0463. The Morgan fingerprint density at radius 3 is 2.62 bits per heavy atom. The summed E-state index contributed by atoms with van der Waals surface area (Å²) in [5.74, 6) is -1.87. The second kappa shape index (κ2) is 8.47. The Bertz CT molecular complexity index is 1610. The molecule has 1 unspecified atom stereocenters. The number of nitrogens with zero attached hydrogens (tertiary/aromatic N) is 2. The van der Waals surface area contributed by atoms with Crippen LogP contribution in [0.2, 0.25) is 0 Å². The van der Waals surface area contributed by atoms with E-state index in [0.29, 0.717) is 0 Å². The summed E-state index contributed by atoms with van der Waals surface area (Å²) >= 11 is 0. The van der Waals surface area contributed by atoms with Gasteiger partial charge < -0.3 is 14.8 Å². The van der Waals surface area contributed by atoms with Crippen molar-refractivity contribution >= 4 is 33.6 Å². The fourth-order valence-electron chi connectivity index (χ4n) is 4.06. The van der Waals surface area contributed by atoms with Gasteiger partial charge in [0, 0.05) is 16.8 Å². The normalized spacial score (nSPS) is 12.2. The van der Waals surface area contributed by atoms with Crippen molar-refractivity contribution in [3.8, 4) is 11.4 Å². The number of hydrogen-bond acceptors (Lipinski definition) is 5. The van der Waals surface area contributed by atoms with Crippen LogP contribution in [0.5, 0.6) is 0 Å². The molecule has 8 heteroatoms. The molecule has 5 rings (SSSR count). The summed E-state index contributed by atoms with van der Waals surface area (Å²) in [6.45, 7) is 1.24. The fraction of sp³-hybridized carbons (Fsp3) is 0.115. The third-order valence-corrected chi connectivity index (χ3v) is 5.73. The quantitative estimate of drug-likeness (QED) is 0.363. The highest BCUT2D eigenvalue weighted by molar-refractivity contribution is 6.05. The Labute approximate surface area is 193 Å². The van der Waals surface area contributed by atoms with Crippen molar-refractivity contribution in [1.29, 1.82) is 0 Å². The monoisotopic (exact) mass is 457 g/mol. The van der Waals surface area contributed by atoms with Crippen LogP contribution in [0.15, 0.2) is 82.1 Å². The molecular weight excluding hydrogens is 437 g/mol. The van der Waals surface area contributed by atoms with E-state index in [-0.39, 0.29) is 23.1 Å². The molecule has 0 spiro atoms. The van der Waals surface area contributed by atoms with Crippen LogP contribution in [-0.2, 0) is 11.3 Å². The van der Waals surface area contributed by atoms with Gasteiger partial charge in [0.05, 0.1) is 11.8 Å². The molecule has 0 bridgehead atoms. The molecule has 0 saturated heterocycles. The summed E-state index contributed by atoms with van der Waals surface area (Å²) in [6, 6.07) is 19.0. The van der Waals surface area contributed by atoms with E-state index < -0.39 is 23.9 Å². The van der Waals surface area contributed by atoms with Crippen LogP contribution in [0.25, 0.3) is 33.3 Å². The van der Waals surface area contributed by atoms with Gasteiger partial charge in [-0.05, 0) is 42.8 Å². The van der Waals surface area contributed by atoms with E-state index in [4.69, 9.17) is 4.42 Å². The molecule has 0 aliphatic heterocycles. The topological polar surface area (TPSA) is 97.4 Å². The smallest absolute Gasteiger partial charge is 0.323 e. The van der Waals surface area contributed by atoms with Crippen molar-refractivity contribution in [1.82, 2.24) is 9.55 Å². The molecule has 170 valence electrons. The number of para-hydroxylation sites is 1. The number of nitrogens with one attached hydrogen (secondary N) is 1. The second-order valence-electron chi connectivity index (χ2n) is 7.98. The van der Waals surface area contributed by atoms with Gasteiger partial charge in [-0.2, -0.15) is 0 Å². The molecule has 5 aromatic rings. The fourth-order valence-corrected chi connectivity index (χ4v) is 4.06. The van der Waals surface area contributed by atoms with Crippen LogP contribution in [-0.4, -0.2) is 20.6 Å². The van der Waals surface area contributed by atoms with Gasteiger partial charge in [-0.25, -0.2) is 9.37 Å². The minimum atomic E-state index is -1.23. The number of aromatic nitrogens is 2. The molecule has 0 aliphatic rings. The van der Waals surface area contributed by atoms with E-state index >= 15 is 0 Å². The molecule has 2 N–H and O–H groups in total. The molecule has 0 radical (unpaired) electrons. The maximum atomic E-state index is 14.3. The first-order chi connectivity index (χ1) is 16.4. The molecule has 2 heterocycles. The molecule has 2 aromatic heterocycles. The first-order valence-corrected chi connectivity index (χ1v) is 10.7. The third kappa shape index (κ3) is 3.79. The lowest BCUT2D eigenvalue weighted by molar-refractivity contribution is -0.137. The van der Waals surface area contributed by atoms with Crippen LogP contribution in [0.3, 0.4) is 0 Å². The number of hydrogen-bond donors (Lipinski definition) is 2. The van der Waals surface area contributed by atoms with Crippen molar-refractivity contribution < 1.29 is 18.7 Å². The van der Waals surface area contributed by atoms with Gasteiger partial charge in [-0.1, -0.05) is 36.4 Å². The lowest BCUT2D eigenvalue weighted by Crippen LogP contribution is -2.29. The van der Waals surface area contributed by atoms with Gasteiger partial charge in [0.15, 0.2) is 0 Å². The molecule has 7 nitrogen and oxygen atoms in total. The summed E-state index contributed by atoms with van der Waals surface area (Å²) < 4.78 is 21.2. The second-order valence-corrected chi connectivity index (χ2v) is 7.98. The predicted molar refractivity (Wildman–Crippen MR) is 127 cm³/mol. The number of halogens is 1. The van der Waals surface area contributed by atoms with Crippen molar-refractivity contribution in [2.75, 3.05) is 5.32 Å². The lowest BCUT2D eigenvalue weighted by Gasteiger charge is -2.18. The first kappa shape index (κ1) is 21.4. The Hall–Kier alpha value is -4.46. The zero-order valence-corrected chi connectivity index (χ0v) is 18.2. The Kier molecular flexibility index (Phi) is 5.33. The van der Waals surface area contributed by atoms with Crippen LogP contribution in [0.1, 0.15) is 18.5 Å². The minimum Gasteiger partial charge on any atom is -0.480 e. The first-order valence-electron chi connectivity index (χ1n) is 10.7. The summed E-state index contributed by atoms with van der Waals surface area (Å²) in [5, 5.41) is 14.4. The average Bonchev–Trinajstić information content (AvgIpc) is 3.20. The molecule has 0 aliphatic carbocycles. The highest BCUT2D eigenvalue weighted by atomic mass is 19.1. The standard InChI is InChI=1S/C26H20FN3O4/c1-15(16-10-11-23-19(12-16)17-6-3-5-9-22(17)34-23)29-21-13-28-25(18-7-2-4-8-20(18)27)30(26(21)33)14-24(31)32/h2-13,15,29H,14H2,1H3,(H,31,32). The Balaban J connectivity index is 1.53. The summed E-state index contributed by atoms with van der Waals surface area (Å²) in [4.78, 5) is 28.9. The highest BCUT2D eigenvalue weighted by Crippen LogP contribution is 2.31. The van der Waals surface area contributed by atoms with Crippen molar-refractivity contribution in [2.24, 2.45) is 0 Å². The van der Waals surface area contributed by atoms with Gasteiger partial charge >= 0.3 is 5.97 Å². The number of furan rings is 1. The van der Waals surface area contributed by atoms with Crippen molar-refractivity contribution in [3.63, 3.8) is 0 Å². The van der Waals surface area contributed by atoms with Gasteiger partial charge in [-0.3, -0.25) is 14.2 Å². The molecule has 1 atom stereocenters. The summed E-state index contributed by atoms with van der Waals surface area (Å²) in [7, 11) is 0. The Morgan fingerprint density at radius 2 is 1.82 bits per heavy atom. The van der Waals surface area contributed by atoms with E-state index in [1.165, 1.54) is 24.4 Å². The Morgan fingerprint density at radius 1 is 1.09 bits per heavy atom. The lowest BCUT2D eigenvalue weighted by atomic mass is 10.0. The number of carboxylic acid groups (broad SMARTS) is 1. The number of benzene rings is 3. The number of fused-ring (bicyclic) bond motifs is 3. The zero-order valence-electron chi connectivity index (χ0n) is 18.2. The largest absolute Gasteiger partial charge is 0.480 e. The predicted octanol–water partition coefficient (Wildman–Crippen LogP) is 5.21.